The molecule has 1 N–H and O–H groups in total. The van der Waals surface area contributed by atoms with Crippen LogP contribution in [-0.2, 0) is 20.9 Å². The zero-order valence-corrected chi connectivity index (χ0v) is 19.1. The first-order chi connectivity index (χ1) is 13.8. The van der Waals surface area contributed by atoms with Gasteiger partial charge < -0.3 is 10.1 Å². The molecular weight excluding hydrogens is 381 g/mol. The van der Waals surface area contributed by atoms with Crippen LogP contribution < -0.4 is 5.32 Å². The first-order valence-corrected chi connectivity index (χ1v) is 12.7. The van der Waals surface area contributed by atoms with Crippen LogP contribution in [0.2, 0.25) is 0 Å². The number of hydrogen-bond donors (Lipinski definition) is 1. The molecule has 29 heavy (non-hydrogen) atoms. The molecule has 2 aromatic rings. The summed E-state index contributed by atoms with van der Waals surface area (Å²) in [4.78, 5) is 25.4. The van der Waals surface area contributed by atoms with Crippen molar-refractivity contribution < 1.29 is 14.3 Å². The van der Waals surface area contributed by atoms with Crippen LogP contribution in [0.4, 0.5) is 5.69 Å². The molecule has 0 fully saturated rings. The lowest BCUT2D eigenvalue weighted by Gasteiger charge is -2.24. The van der Waals surface area contributed by atoms with Crippen LogP contribution in [-0.4, -0.2) is 36.5 Å². The molecule has 0 atom stereocenters. The molecule has 0 aromatic heterocycles. The molecule has 0 spiro atoms. The molecule has 0 saturated heterocycles. The van der Waals surface area contributed by atoms with Crippen molar-refractivity contribution in [2.75, 3.05) is 30.0 Å². The Labute approximate surface area is 175 Å². The molecule has 0 heterocycles. The van der Waals surface area contributed by atoms with Gasteiger partial charge in [0.2, 0.25) is 0 Å². The summed E-state index contributed by atoms with van der Waals surface area (Å²) >= 11 is 0. The van der Waals surface area contributed by atoms with Gasteiger partial charge >= 0.3 is 5.97 Å². The van der Waals surface area contributed by atoms with E-state index in [0.29, 0.717) is 12.3 Å². The van der Waals surface area contributed by atoms with E-state index in [0.717, 1.165) is 34.7 Å². The van der Waals surface area contributed by atoms with Gasteiger partial charge in [-0.15, -0.1) is 0 Å². The van der Waals surface area contributed by atoms with Gasteiger partial charge in [-0.2, -0.15) is 0 Å². The predicted molar refractivity (Wildman–Crippen MR) is 123 cm³/mol. The normalized spacial score (nSPS) is 11.2. The number of amides is 1. The van der Waals surface area contributed by atoms with Gasteiger partial charge in [-0.25, -0.2) is 4.79 Å². The summed E-state index contributed by atoms with van der Waals surface area (Å²) < 4.78 is 5.50. The molecular formula is C24H33NO3P+. The number of benzene rings is 2. The van der Waals surface area contributed by atoms with Crippen molar-refractivity contribution in [2.45, 2.75) is 41.2 Å². The number of carbonyl (C=O) groups excluding carboxylic acids is 2. The Kier molecular flexibility index (Phi) is 8.40. The highest BCUT2D eigenvalue weighted by Crippen LogP contribution is 2.58. The fourth-order valence-electron chi connectivity index (χ4n) is 3.65. The van der Waals surface area contributed by atoms with E-state index in [1.165, 1.54) is 5.56 Å². The second-order valence-electron chi connectivity index (χ2n) is 7.76. The average molecular weight is 415 g/mol. The van der Waals surface area contributed by atoms with Gasteiger partial charge in [-0.05, 0) is 51.3 Å². The van der Waals surface area contributed by atoms with Crippen LogP contribution in [0, 0.1) is 20.8 Å². The zero-order valence-electron chi connectivity index (χ0n) is 18.2. The first kappa shape index (κ1) is 23.1. The number of aryl methyl sites for hydroxylation is 3. The molecule has 0 unspecified atom stereocenters. The van der Waals surface area contributed by atoms with Gasteiger partial charge in [0, 0.05) is 12.9 Å². The van der Waals surface area contributed by atoms with Crippen LogP contribution in [0.5, 0.6) is 0 Å². The van der Waals surface area contributed by atoms with Gasteiger partial charge in [0.25, 0.3) is 5.91 Å². The standard InChI is InChI=1S/C24H32NO3P/c1-6-29(7-2,17-23(27)28-15-21-11-9-8-10-12-21)16-22(26)25-24-19(4)13-18(3)14-20(24)5/h8-14H,6-7,15-17H2,1-5H3/p+1. The summed E-state index contributed by atoms with van der Waals surface area (Å²) in [5.74, 6) is -0.214. The fourth-order valence-corrected chi connectivity index (χ4v) is 6.43. The van der Waals surface area contributed by atoms with E-state index in [1.54, 1.807) is 0 Å². The Balaban J connectivity index is 2.01. The molecule has 0 radical (unpaired) electrons. The number of anilines is 1. The molecule has 4 nitrogen and oxygen atoms in total. The molecule has 0 bridgehead atoms. The molecule has 0 saturated carbocycles. The summed E-state index contributed by atoms with van der Waals surface area (Å²) in [5, 5.41) is 3.10. The lowest BCUT2D eigenvalue weighted by molar-refractivity contribution is -0.141. The highest BCUT2D eigenvalue weighted by molar-refractivity contribution is 7.77. The number of nitrogens with one attached hydrogen (secondary N) is 1. The second-order valence-corrected chi connectivity index (χ2v) is 12.3. The Hall–Kier alpha value is -2.19. The minimum absolute atomic E-state index is 0.00653. The minimum atomic E-state index is -1.75. The average Bonchev–Trinajstić information content (AvgIpc) is 2.69. The number of hydrogen-bond acceptors (Lipinski definition) is 3. The van der Waals surface area contributed by atoms with E-state index in [1.807, 2.05) is 44.2 Å². The van der Waals surface area contributed by atoms with Crippen molar-refractivity contribution >= 4 is 24.8 Å². The quantitative estimate of drug-likeness (QED) is 0.444. The van der Waals surface area contributed by atoms with Crippen LogP contribution in [0.3, 0.4) is 0 Å². The largest absolute Gasteiger partial charge is 0.458 e. The molecule has 2 aromatic carbocycles. The number of carbonyl (C=O) groups is 2. The zero-order chi connectivity index (χ0) is 21.4. The van der Waals surface area contributed by atoms with Gasteiger partial charge in [0.05, 0.1) is 12.3 Å². The van der Waals surface area contributed by atoms with Crippen LogP contribution >= 0.6 is 7.26 Å². The summed E-state index contributed by atoms with van der Waals surface area (Å²) in [6.45, 7) is 10.5. The molecule has 1 amide bonds. The minimum Gasteiger partial charge on any atom is -0.458 e. The second kappa shape index (κ2) is 10.5. The fraction of sp³-hybridized carbons (Fsp3) is 0.417. The molecule has 0 aliphatic heterocycles. The summed E-state index contributed by atoms with van der Waals surface area (Å²) in [6, 6.07) is 13.8. The smallest absolute Gasteiger partial charge is 0.344 e. The van der Waals surface area contributed by atoms with Gasteiger partial charge in [-0.1, -0.05) is 48.0 Å². The third kappa shape index (κ3) is 6.68. The molecule has 5 heteroatoms. The van der Waals surface area contributed by atoms with Gasteiger partial charge in [0.1, 0.15) is 12.8 Å². The number of esters is 1. The molecule has 2 rings (SSSR count). The summed E-state index contributed by atoms with van der Waals surface area (Å²) in [7, 11) is -1.75. The van der Waals surface area contributed by atoms with E-state index in [9.17, 15) is 9.59 Å². The monoisotopic (exact) mass is 414 g/mol. The summed E-state index contributed by atoms with van der Waals surface area (Å²) in [5.41, 5.74) is 5.17. The van der Waals surface area contributed by atoms with E-state index in [-0.39, 0.29) is 18.5 Å². The highest BCUT2D eigenvalue weighted by atomic mass is 31.2. The van der Waals surface area contributed by atoms with Crippen molar-refractivity contribution in [3.05, 3.63) is 64.7 Å². The number of ether oxygens (including phenoxy) is 1. The van der Waals surface area contributed by atoms with Crippen LogP contribution in [0.25, 0.3) is 0 Å². The maximum atomic E-state index is 12.9. The van der Waals surface area contributed by atoms with E-state index in [4.69, 9.17) is 4.74 Å². The molecule has 0 aliphatic rings. The molecule has 156 valence electrons. The highest BCUT2D eigenvalue weighted by Gasteiger charge is 2.39. The van der Waals surface area contributed by atoms with Crippen molar-refractivity contribution in [3.63, 3.8) is 0 Å². The third-order valence-corrected chi connectivity index (χ3v) is 10.0. The maximum Gasteiger partial charge on any atom is 0.344 e. The third-order valence-electron chi connectivity index (χ3n) is 5.47. The Morgan fingerprint density at radius 3 is 2.07 bits per heavy atom. The van der Waals surface area contributed by atoms with E-state index in [2.05, 4.69) is 38.2 Å². The van der Waals surface area contributed by atoms with Crippen LogP contribution in [0.15, 0.2) is 42.5 Å². The van der Waals surface area contributed by atoms with Crippen molar-refractivity contribution in [3.8, 4) is 0 Å². The molecule has 0 aliphatic carbocycles. The Morgan fingerprint density at radius 1 is 0.931 bits per heavy atom. The lowest BCUT2D eigenvalue weighted by atomic mass is 10.1. The SMILES string of the molecule is CC[P+](CC)(CC(=O)Nc1c(C)cc(C)cc1C)CC(=O)OCc1ccccc1. The van der Waals surface area contributed by atoms with Gasteiger partial charge in [-0.3, -0.25) is 4.79 Å². The maximum absolute atomic E-state index is 12.9. The Morgan fingerprint density at radius 2 is 1.52 bits per heavy atom. The van der Waals surface area contributed by atoms with Crippen molar-refractivity contribution in [2.24, 2.45) is 0 Å². The Bertz CT molecular complexity index is 821. The predicted octanol–water partition coefficient (Wildman–Crippen LogP) is 5.35. The summed E-state index contributed by atoms with van der Waals surface area (Å²) in [6.07, 6.45) is 2.46. The van der Waals surface area contributed by atoms with Crippen molar-refractivity contribution in [1.82, 2.24) is 0 Å². The van der Waals surface area contributed by atoms with Gasteiger partial charge in [0.15, 0.2) is 6.16 Å². The van der Waals surface area contributed by atoms with E-state index >= 15 is 0 Å². The van der Waals surface area contributed by atoms with E-state index < -0.39 is 7.26 Å². The van der Waals surface area contributed by atoms with Crippen LogP contribution in [0.1, 0.15) is 36.1 Å². The topological polar surface area (TPSA) is 55.4 Å². The number of rotatable bonds is 9. The van der Waals surface area contributed by atoms with Crippen molar-refractivity contribution in [1.29, 1.82) is 0 Å². The lowest BCUT2D eigenvalue weighted by Crippen LogP contribution is -2.26. The first-order valence-electron chi connectivity index (χ1n) is 10.2.